The standard InChI is InChI=1S/C13H17NO/c1-9-2-4-10(5-3-9)12(8-13(14)15)11-6-7-11/h2-5,11-12H,6-8H2,1H3,(H2,14,15). The summed E-state index contributed by atoms with van der Waals surface area (Å²) in [5.74, 6) is 0.843. The SMILES string of the molecule is Cc1ccc(C(CC(N)=O)C2CC2)cc1. The van der Waals surface area contributed by atoms with Crippen LogP contribution in [0.2, 0.25) is 0 Å². The summed E-state index contributed by atoms with van der Waals surface area (Å²) in [6.45, 7) is 2.07. The summed E-state index contributed by atoms with van der Waals surface area (Å²) < 4.78 is 0. The average molecular weight is 203 g/mol. The highest BCUT2D eigenvalue weighted by molar-refractivity contribution is 5.74. The summed E-state index contributed by atoms with van der Waals surface area (Å²) in [6.07, 6.45) is 2.98. The number of carbonyl (C=O) groups is 1. The van der Waals surface area contributed by atoms with E-state index in [-0.39, 0.29) is 5.91 Å². The highest BCUT2D eigenvalue weighted by Crippen LogP contribution is 2.44. The molecule has 2 rings (SSSR count). The Bertz CT molecular complexity index is 351. The fourth-order valence-electron chi connectivity index (χ4n) is 2.09. The molecule has 1 aliphatic carbocycles. The average Bonchev–Trinajstić information content (AvgIpc) is 2.99. The van der Waals surface area contributed by atoms with Gasteiger partial charge in [-0.25, -0.2) is 0 Å². The predicted molar refractivity (Wildman–Crippen MR) is 60.5 cm³/mol. The van der Waals surface area contributed by atoms with Crippen molar-refractivity contribution in [2.45, 2.75) is 32.1 Å². The molecular weight excluding hydrogens is 186 g/mol. The second kappa shape index (κ2) is 4.05. The molecule has 1 saturated carbocycles. The minimum Gasteiger partial charge on any atom is -0.370 e. The Labute approximate surface area is 90.5 Å². The quantitative estimate of drug-likeness (QED) is 0.802. The summed E-state index contributed by atoms with van der Waals surface area (Å²) in [4.78, 5) is 11.0. The normalized spacial score (nSPS) is 17.4. The number of nitrogens with two attached hydrogens (primary N) is 1. The fraction of sp³-hybridized carbons (Fsp3) is 0.462. The van der Waals surface area contributed by atoms with E-state index < -0.39 is 0 Å². The van der Waals surface area contributed by atoms with E-state index >= 15 is 0 Å². The molecule has 1 fully saturated rings. The molecule has 0 radical (unpaired) electrons. The van der Waals surface area contributed by atoms with Gasteiger partial charge in [-0.1, -0.05) is 29.8 Å². The molecule has 2 nitrogen and oxygen atoms in total. The van der Waals surface area contributed by atoms with Crippen molar-refractivity contribution in [1.29, 1.82) is 0 Å². The lowest BCUT2D eigenvalue weighted by molar-refractivity contribution is -0.118. The van der Waals surface area contributed by atoms with Crippen molar-refractivity contribution >= 4 is 5.91 Å². The van der Waals surface area contributed by atoms with Crippen LogP contribution in [0, 0.1) is 12.8 Å². The van der Waals surface area contributed by atoms with Gasteiger partial charge in [0.25, 0.3) is 0 Å². The Balaban J connectivity index is 2.16. The van der Waals surface area contributed by atoms with Gasteiger partial charge in [-0.2, -0.15) is 0 Å². The van der Waals surface area contributed by atoms with Gasteiger partial charge in [0.1, 0.15) is 0 Å². The summed E-state index contributed by atoms with van der Waals surface area (Å²) >= 11 is 0. The first kappa shape index (κ1) is 10.2. The van der Waals surface area contributed by atoms with Gasteiger partial charge in [-0.05, 0) is 37.2 Å². The molecule has 1 amide bonds. The number of aryl methyl sites for hydroxylation is 1. The lowest BCUT2D eigenvalue weighted by Crippen LogP contribution is -2.16. The van der Waals surface area contributed by atoms with E-state index in [1.54, 1.807) is 0 Å². The van der Waals surface area contributed by atoms with Crippen LogP contribution < -0.4 is 5.73 Å². The number of primary amides is 1. The van der Waals surface area contributed by atoms with Crippen LogP contribution in [-0.2, 0) is 4.79 Å². The Kier molecular flexibility index (Phi) is 2.76. The molecule has 0 spiro atoms. The van der Waals surface area contributed by atoms with Crippen molar-refractivity contribution in [3.63, 3.8) is 0 Å². The summed E-state index contributed by atoms with van der Waals surface area (Å²) in [5.41, 5.74) is 7.81. The molecule has 0 aliphatic heterocycles. The van der Waals surface area contributed by atoms with Crippen LogP contribution >= 0.6 is 0 Å². The second-order valence-corrected chi connectivity index (χ2v) is 4.53. The van der Waals surface area contributed by atoms with Gasteiger partial charge in [0, 0.05) is 6.42 Å². The zero-order chi connectivity index (χ0) is 10.8. The molecule has 1 aromatic carbocycles. The lowest BCUT2D eigenvalue weighted by atomic mass is 9.90. The van der Waals surface area contributed by atoms with Gasteiger partial charge in [0.05, 0.1) is 0 Å². The van der Waals surface area contributed by atoms with Crippen LogP contribution in [0.3, 0.4) is 0 Å². The van der Waals surface area contributed by atoms with Gasteiger partial charge in [-0.15, -0.1) is 0 Å². The molecule has 1 unspecified atom stereocenters. The fourth-order valence-corrected chi connectivity index (χ4v) is 2.09. The van der Waals surface area contributed by atoms with Crippen molar-refractivity contribution < 1.29 is 4.79 Å². The Hall–Kier alpha value is -1.31. The van der Waals surface area contributed by atoms with Gasteiger partial charge in [-0.3, -0.25) is 4.79 Å². The van der Waals surface area contributed by atoms with E-state index in [1.165, 1.54) is 24.0 Å². The second-order valence-electron chi connectivity index (χ2n) is 4.53. The molecule has 1 aliphatic rings. The Morgan fingerprint density at radius 2 is 2.00 bits per heavy atom. The zero-order valence-electron chi connectivity index (χ0n) is 9.07. The first-order valence-electron chi connectivity index (χ1n) is 5.51. The summed E-state index contributed by atoms with van der Waals surface area (Å²) in [6, 6.07) is 8.46. The molecule has 1 aromatic rings. The number of amides is 1. The van der Waals surface area contributed by atoms with Gasteiger partial charge >= 0.3 is 0 Å². The first-order valence-corrected chi connectivity index (χ1v) is 5.51. The monoisotopic (exact) mass is 203 g/mol. The highest BCUT2D eigenvalue weighted by Gasteiger charge is 2.32. The topological polar surface area (TPSA) is 43.1 Å². The number of carbonyl (C=O) groups excluding carboxylic acids is 1. The number of hydrogen-bond donors (Lipinski definition) is 1. The number of benzene rings is 1. The third-order valence-corrected chi connectivity index (χ3v) is 3.12. The van der Waals surface area contributed by atoms with E-state index in [2.05, 4.69) is 31.2 Å². The molecule has 0 heterocycles. The smallest absolute Gasteiger partial charge is 0.218 e. The van der Waals surface area contributed by atoms with E-state index in [4.69, 9.17) is 5.73 Å². The maximum absolute atomic E-state index is 11.0. The van der Waals surface area contributed by atoms with Crippen LogP contribution in [0.15, 0.2) is 24.3 Å². The molecular formula is C13H17NO. The van der Waals surface area contributed by atoms with Crippen molar-refractivity contribution in [3.05, 3.63) is 35.4 Å². The molecule has 0 saturated heterocycles. The van der Waals surface area contributed by atoms with Crippen molar-refractivity contribution in [2.75, 3.05) is 0 Å². The third-order valence-electron chi connectivity index (χ3n) is 3.12. The molecule has 2 N–H and O–H groups in total. The van der Waals surface area contributed by atoms with Crippen molar-refractivity contribution in [2.24, 2.45) is 11.7 Å². The van der Waals surface area contributed by atoms with Crippen LogP contribution in [0.5, 0.6) is 0 Å². The first-order chi connectivity index (χ1) is 7.16. The molecule has 0 aromatic heterocycles. The van der Waals surface area contributed by atoms with Crippen molar-refractivity contribution in [1.82, 2.24) is 0 Å². The summed E-state index contributed by atoms with van der Waals surface area (Å²) in [5, 5.41) is 0. The van der Waals surface area contributed by atoms with Crippen LogP contribution in [0.1, 0.15) is 36.3 Å². The number of rotatable bonds is 4. The minimum atomic E-state index is -0.188. The number of hydrogen-bond acceptors (Lipinski definition) is 1. The summed E-state index contributed by atoms with van der Waals surface area (Å²) in [7, 11) is 0. The van der Waals surface area contributed by atoms with Crippen molar-refractivity contribution in [3.8, 4) is 0 Å². The minimum absolute atomic E-state index is 0.188. The van der Waals surface area contributed by atoms with E-state index in [1.807, 2.05) is 0 Å². The molecule has 0 bridgehead atoms. The Morgan fingerprint density at radius 1 is 1.40 bits per heavy atom. The molecule has 15 heavy (non-hydrogen) atoms. The third kappa shape index (κ3) is 2.58. The largest absolute Gasteiger partial charge is 0.370 e. The maximum Gasteiger partial charge on any atom is 0.218 e. The van der Waals surface area contributed by atoms with E-state index in [0.29, 0.717) is 18.3 Å². The van der Waals surface area contributed by atoms with Gasteiger partial charge in [0.15, 0.2) is 0 Å². The Morgan fingerprint density at radius 3 is 2.47 bits per heavy atom. The maximum atomic E-state index is 11.0. The lowest BCUT2D eigenvalue weighted by Gasteiger charge is -2.14. The predicted octanol–water partition coefficient (Wildman–Crippen LogP) is 2.36. The van der Waals surface area contributed by atoms with Gasteiger partial charge < -0.3 is 5.73 Å². The van der Waals surface area contributed by atoms with Crippen LogP contribution in [0.25, 0.3) is 0 Å². The van der Waals surface area contributed by atoms with Crippen LogP contribution in [-0.4, -0.2) is 5.91 Å². The van der Waals surface area contributed by atoms with E-state index in [0.717, 1.165) is 0 Å². The van der Waals surface area contributed by atoms with Gasteiger partial charge in [0.2, 0.25) is 5.91 Å². The molecule has 1 atom stereocenters. The highest BCUT2D eigenvalue weighted by atomic mass is 16.1. The molecule has 80 valence electrons. The van der Waals surface area contributed by atoms with Crippen LogP contribution in [0.4, 0.5) is 0 Å². The molecule has 2 heteroatoms. The van der Waals surface area contributed by atoms with E-state index in [9.17, 15) is 4.79 Å². The zero-order valence-corrected chi connectivity index (χ0v) is 9.07.